The van der Waals surface area contributed by atoms with Crippen LogP contribution in [0, 0.1) is 0 Å². The Morgan fingerprint density at radius 1 is 1.21 bits per heavy atom. The highest BCUT2D eigenvalue weighted by molar-refractivity contribution is 5.96. The van der Waals surface area contributed by atoms with E-state index in [9.17, 15) is 9.59 Å². The van der Waals surface area contributed by atoms with Crippen LogP contribution in [0.25, 0.3) is 11.0 Å². The summed E-state index contributed by atoms with van der Waals surface area (Å²) in [6, 6.07) is 16.8. The van der Waals surface area contributed by atoms with Gasteiger partial charge in [-0.2, -0.15) is 0 Å². The van der Waals surface area contributed by atoms with Crippen LogP contribution in [-0.2, 0) is 6.54 Å². The maximum atomic E-state index is 12.7. The smallest absolute Gasteiger partial charge is 0.349 e. The molecular formula is C23H24N2O4. The minimum absolute atomic E-state index is 0.00673. The highest BCUT2D eigenvalue weighted by Gasteiger charge is 2.23. The fraction of sp³-hybridized carbons (Fsp3) is 0.304. The van der Waals surface area contributed by atoms with Crippen molar-refractivity contribution in [2.24, 2.45) is 0 Å². The van der Waals surface area contributed by atoms with E-state index in [0.717, 1.165) is 43.6 Å². The summed E-state index contributed by atoms with van der Waals surface area (Å²) >= 11 is 0. The van der Waals surface area contributed by atoms with Gasteiger partial charge in [0.1, 0.15) is 16.9 Å². The first-order valence-corrected chi connectivity index (χ1v) is 9.81. The Kier molecular flexibility index (Phi) is 5.62. The molecule has 29 heavy (non-hydrogen) atoms. The number of para-hydroxylation sites is 1. The number of nitrogens with zero attached hydrogens (tertiary/aromatic N) is 1. The number of rotatable bonds is 5. The van der Waals surface area contributed by atoms with Crippen LogP contribution in [0.2, 0.25) is 0 Å². The lowest BCUT2D eigenvalue weighted by Gasteiger charge is -2.33. The summed E-state index contributed by atoms with van der Waals surface area (Å²) in [5.41, 5.74) is 1.10. The maximum Gasteiger partial charge on any atom is 0.349 e. The summed E-state index contributed by atoms with van der Waals surface area (Å²) in [4.78, 5) is 27.3. The van der Waals surface area contributed by atoms with Crippen molar-refractivity contribution in [3.63, 3.8) is 0 Å². The normalized spacial score (nSPS) is 17.2. The predicted molar refractivity (Wildman–Crippen MR) is 111 cm³/mol. The molecule has 3 aromatic rings. The molecule has 1 aliphatic rings. The van der Waals surface area contributed by atoms with Crippen LogP contribution in [0.3, 0.4) is 0 Å². The zero-order valence-corrected chi connectivity index (χ0v) is 16.4. The Hall–Kier alpha value is -3.12. The number of hydrogen-bond acceptors (Lipinski definition) is 5. The lowest BCUT2D eigenvalue weighted by Crippen LogP contribution is -2.48. The van der Waals surface area contributed by atoms with Crippen molar-refractivity contribution < 1.29 is 13.9 Å². The van der Waals surface area contributed by atoms with E-state index in [1.54, 1.807) is 25.3 Å². The Morgan fingerprint density at radius 2 is 2.07 bits per heavy atom. The van der Waals surface area contributed by atoms with E-state index >= 15 is 0 Å². The van der Waals surface area contributed by atoms with Crippen molar-refractivity contribution in [3.05, 3.63) is 76.1 Å². The summed E-state index contributed by atoms with van der Waals surface area (Å²) in [6.07, 6.45) is 1.88. The highest BCUT2D eigenvalue weighted by Crippen LogP contribution is 2.18. The molecule has 4 rings (SSSR count). The standard InChI is InChI=1S/C23H24N2O4/c1-28-19-9-4-6-16(12-19)14-25-11-5-8-18(15-25)24-22(26)20-13-17-7-2-3-10-21(17)29-23(20)27/h2-4,6-7,9-10,12-13,18H,5,8,11,14-15H2,1H3,(H,24,26). The Balaban J connectivity index is 1.43. The van der Waals surface area contributed by atoms with Gasteiger partial charge in [-0.25, -0.2) is 4.79 Å². The molecular weight excluding hydrogens is 368 g/mol. The molecule has 0 spiro atoms. The minimum atomic E-state index is -0.606. The van der Waals surface area contributed by atoms with Crippen molar-refractivity contribution in [1.29, 1.82) is 0 Å². The molecule has 1 aromatic heterocycles. The molecule has 0 aliphatic carbocycles. The summed E-state index contributed by atoms with van der Waals surface area (Å²) in [7, 11) is 1.66. The van der Waals surface area contributed by atoms with Crippen molar-refractivity contribution in [1.82, 2.24) is 10.2 Å². The average molecular weight is 392 g/mol. The molecule has 2 aromatic carbocycles. The van der Waals surface area contributed by atoms with E-state index < -0.39 is 5.63 Å². The molecule has 6 nitrogen and oxygen atoms in total. The molecule has 150 valence electrons. The van der Waals surface area contributed by atoms with Gasteiger partial charge >= 0.3 is 5.63 Å². The SMILES string of the molecule is COc1cccc(CN2CCCC(NC(=O)c3cc4ccccc4oc3=O)C2)c1. The lowest BCUT2D eigenvalue weighted by molar-refractivity contribution is 0.0897. The number of benzene rings is 2. The number of ether oxygens (including phenoxy) is 1. The third-order valence-corrected chi connectivity index (χ3v) is 5.27. The van der Waals surface area contributed by atoms with Crippen LogP contribution in [-0.4, -0.2) is 37.0 Å². The van der Waals surface area contributed by atoms with Gasteiger partial charge < -0.3 is 14.5 Å². The molecule has 1 amide bonds. The predicted octanol–water partition coefficient (Wildman–Crippen LogP) is 3.20. The van der Waals surface area contributed by atoms with Crippen LogP contribution >= 0.6 is 0 Å². The molecule has 2 heterocycles. The van der Waals surface area contributed by atoms with E-state index in [4.69, 9.17) is 9.15 Å². The number of nitrogens with one attached hydrogen (secondary N) is 1. The number of amides is 1. The van der Waals surface area contributed by atoms with Gasteiger partial charge in [-0.05, 0) is 49.2 Å². The summed E-state index contributed by atoms with van der Waals surface area (Å²) in [5, 5.41) is 3.75. The lowest BCUT2D eigenvalue weighted by atomic mass is 10.0. The molecule has 1 unspecified atom stereocenters. The van der Waals surface area contributed by atoms with Crippen LogP contribution < -0.4 is 15.7 Å². The Morgan fingerprint density at radius 3 is 2.93 bits per heavy atom. The summed E-state index contributed by atoms with van der Waals surface area (Å²) in [5.74, 6) is 0.463. The second-order valence-electron chi connectivity index (χ2n) is 7.38. The van der Waals surface area contributed by atoms with Gasteiger partial charge in [0.05, 0.1) is 7.11 Å². The first-order chi connectivity index (χ1) is 14.1. The number of carbonyl (C=O) groups is 1. The Bertz CT molecular complexity index is 1080. The van der Waals surface area contributed by atoms with E-state index in [2.05, 4.69) is 16.3 Å². The van der Waals surface area contributed by atoms with E-state index in [1.807, 2.05) is 30.3 Å². The number of piperidine rings is 1. The largest absolute Gasteiger partial charge is 0.497 e. The van der Waals surface area contributed by atoms with Gasteiger partial charge in [-0.3, -0.25) is 9.69 Å². The second kappa shape index (κ2) is 8.49. The monoisotopic (exact) mass is 392 g/mol. The first kappa shape index (κ1) is 19.2. The number of fused-ring (bicyclic) bond motifs is 1. The molecule has 1 fully saturated rings. The van der Waals surface area contributed by atoms with E-state index in [1.165, 1.54) is 5.56 Å². The van der Waals surface area contributed by atoms with Crippen LogP contribution in [0.1, 0.15) is 28.8 Å². The van der Waals surface area contributed by atoms with Crippen molar-refractivity contribution in [2.45, 2.75) is 25.4 Å². The molecule has 1 N–H and O–H groups in total. The molecule has 6 heteroatoms. The van der Waals surface area contributed by atoms with E-state index in [0.29, 0.717) is 5.58 Å². The number of methoxy groups -OCH3 is 1. The molecule has 0 radical (unpaired) electrons. The van der Waals surface area contributed by atoms with Gasteiger partial charge in [0.15, 0.2) is 0 Å². The Labute approximate surface area is 169 Å². The van der Waals surface area contributed by atoms with Crippen molar-refractivity contribution in [3.8, 4) is 5.75 Å². The maximum absolute atomic E-state index is 12.7. The third kappa shape index (κ3) is 4.49. The van der Waals surface area contributed by atoms with Crippen molar-refractivity contribution in [2.75, 3.05) is 20.2 Å². The first-order valence-electron chi connectivity index (χ1n) is 9.81. The van der Waals surface area contributed by atoms with E-state index in [-0.39, 0.29) is 17.5 Å². The van der Waals surface area contributed by atoms with Crippen LogP contribution in [0.5, 0.6) is 5.75 Å². The van der Waals surface area contributed by atoms with Crippen LogP contribution in [0.4, 0.5) is 0 Å². The van der Waals surface area contributed by atoms with Gasteiger partial charge in [0, 0.05) is 24.5 Å². The van der Waals surface area contributed by atoms with Crippen LogP contribution in [0.15, 0.2) is 63.8 Å². The number of likely N-dealkylation sites (tertiary alicyclic amines) is 1. The highest BCUT2D eigenvalue weighted by atomic mass is 16.5. The molecule has 0 bridgehead atoms. The molecule has 1 aliphatic heterocycles. The van der Waals surface area contributed by atoms with Gasteiger partial charge in [0.2, 0.25) is 0 Å². The van der Waals surface area contributed by atoms with Gasteiger partial charge in [0.25, 0.3) is 5.91 Å². The topological polar surface area (TPSA) is 71.8 Å². The number of carbonyl (C=O) groups excluding carboxylic acids is 1. The quantitative estimate of drug-likeness (QED) is 0.675. The summed E-state index contributed by atoms with van der Waals surface area (Å²) < 4.78 is 10.6. The minimum Gasteiger partial charge on any atom is -0.497 e. The fourth-order valence-electron chi connectivity index (χ4n) is 3.83. The van der Waals surface area contributed by atoms with Gasteiger partial charge in [-0.15, -0.1) is 0 Å². The third-order valence-electron chi connectivity index (χ3n) is 5.27. The zero-order chi connectivity index (χ0) is 20.2. The average Bonchev–Trinajstić information content (AvgIpc) is 2.73. The zero-order valence-electron chi connectivity index (χ0n) is 16.4. The fourth-order valence-corrected chi connectivity index (χ4v) is 3.83. The van der Waals surface area contributed by atoms with Gasteiger partial charge in [-0.1, -0.05) is 30.3 Å². The molecule has 1 saturated heterocycles. The van der Waals surface area contributed by atoms with Crippen molar-refractivity contribution >= 4 is 16.9 Å². The number of hydrogen-bond donors (Lipinski definition) is 1. The summed E-state index contributed by atoms with van der Waals surface area (Å²) in [6.45, 7) is 2.51. The molecule has 1 atom stereocenters. The second-order valence-corrected chi connectivity index (χ2v) is 7.38. The molecule has 0 saturated carbocycles.